The fourth-order valence-electron chi connectivity index (χ4n) is 2.35. The van der Waals surface area contributed by atoms with Crippen LogP contribution < -0.4 is 10.1 Å². The third-order valence-corrected chi connectivity index (χ3v) is 4.21. The maximum atomic E-state index is 12.2. The number of benzene rings is 1. The number of rotatable bonds is 5. The summed E-state index contributed by atoms with van der Waals surface area (Å²) < 4.78 is 5.29. The number of hydrogen-bond acceptors (Lipinski definition) is 3. The van der Waals surface area contributed by atoms with Gasteiger partial charge in [0.15, 0.2) is 0 Å². The van der Waals surface area contributed by atoms with Crippen LogP contribution >= 0.6 is 11.8 Å². The largest absolute Gasteiger partial charge is 0.481 e. The Morgan fingerprint density at radius 1 is 1.52 bits per heavy atom. The number of likely N-dealkylation sites (tertiary alicyclic amines) is 1. The molecule has 1 atom stereocenters. The second-order valence-corrected chi connectivity index (χ2v) is 5.91. The van der Waals surface area contributed by atoms with E-state index in [4.69, 9.17) is 11.2 Å². The molecular weight excluding hydrogens is 284 g/mol. The molecule has 1 fully saturated rings. The van der Waals surface area contributed by atoms with E-state index in [0.717, 1.165) is 31.0 Å². The Hall–Kier alpha value is -1.80. The summed E-state index contributed by atoms with van der Waals surface area (Å²) >= 11 is 1.84. The molecule has 1 aromatic carbocycles. The molecule has 0 radical (unpaired) electrons. The lowest BCUT2D eigenvalue weighted by molar-refractivity contribution is 0.221. The number of carbonyl (C=O) groups is 1. The summed E-state index contributed by atoms with van der Waals surface area (Å²) in [6.07, 6.45) is 8.33. The lowest BCUT2D eigenvalue weighted by atomic mass is 10.2. The van der Waals surface area contributed by atoms with E-state index >= 15 is 0 Å². The minimum atomic E-state index is -0.0316. The van der Waals surface area contributed by atoms with E-state index in [0.29, 0.717) is 11.7 Å². The van der Waals surface area contributed by atoms with Gasteiger partial charge in [-0.3, -0.25) is 0 Å². The molecule has 112 valence electrons. The molecule has 0 aliphatic carbocycles. The molecule has 1 heterocycles. The first-order valence-electron chi connectivity index (χ1n) is 6.94. The molecule has 2 amide bonds. The average Bonchev–Trinajstić information content (AvgIpc) is 2.96. The lowest BCUT2D eigenvalue weighted by Crippen LogP contribution is -2.33. The lowest BCUT2D eigenvalue weighted by Gasteiger charge is -2.17. The molecule has 1 aromatic rings. The van der Waals surface area contributed by atoms with Crippen molar-refractivity contribution >= 4 is 23.5 Å². The van der Waals surface area contributed by atoms with Gasteiger partial charge < -0.3 is 15.0 Å². The van der Waals surface area contributed by atoms with Crippen molar-refractivity contribution in [3.05, 3.63) is 24.3 Å². The first-order chi connectivity index (χ1) is 10.2. The molecule has 0 spiro atoms. The summed E-state index contributed by atoms with van der Waals surface area (Å²) in [6, 6.07) is 7.20. The Morgan fingerprint density at radius 2 is 2.29 bits per heavy atom. The highest BCUT2D eigenvalue weighted by Gasteiger charge is 2.25. The van der Waals surface area contributed by atoms with Crippen LogP contribution in [0.25, 0.3) is 0 Å². The minimum Gasteiger partial charge on any atom is -0.481 e. The molecule has 1 N–H and O–H groups in total. The summed E-state index contributed by atoms with van der Waals surface area (Å²) in [5, 5.41) is 2.91. The zero-order valence-corrected chi connectivity index (χ0v) is 13.0. The zero-order valence-electron chi connectivity index (χ0n) is 12.2. The van der Waals surface area contributed by atoms with Gasteiger partial charge in [-0.25, -0.2) is 4.79 Å². The van der Waals surface area contributed by atoms with Gasteiger partial charge in [-0.15, -0.1) is 6.42 Å². The van der Waals surface area contributed by atoms with Gasteiger partial charge in [0, 0.05) is 18.8 Å². The number of urea groups is 1. The van der Waals surface area contributed by atoms with Crippen LogP contribution in [-0.2, 0) is 0 Å². The number of hydrogen-bond donors (Lipinski definition) is 1. The Kier molecular flexibility index (Phi) is 5.82. The van der Waals surface area contributed by atoms with E-state index in [1.54, 1.807) is 12.1 Å². The van der Waals surface area contributed by atoms with E-state index in [1.165, 1.54) is 0 Å². The smallest absolute Gasteiger partial charge is 0.321 e. The maximum Gasteiger partial charge on any atom is 0.321 e. The van der Waals surface area contributed by atoms with E-state index in [1.807, 2.05) is 28.8 Å². The van der Waals surface area contributed by atoms with Crippen molar-refractivity contribution in [2.75, 3.05) is 37.0 Å². The van der Waals surface area contributed by atoms with E-state index in [-0.39, 0.29) is 12.6 Å². The Bertz CT molecular complexity index is 510. The topological polar surface area (TPSA) is 41.6 Å². The second-order valence-electron chi connectivity index (χ2n) is 5.00. The molecule has 0 aromatic heterocycles. The van der Waals surface area contributed by atoms with Gasteiger partial charge in [0.2, 0.25) is 0 Å². The van der Waals surface area contributed by atoms with Crippen LogP contribution in [0.5, 0.6) is 5.75 Å². The average molecular weight is 304 g/mol. The number of carbonyl (C=O) groups excluding carboxylic acids is 1. The van der Waals surface area contributed by atoms with Crippen LogP contribution in [0.4, 0.5) is 10.5 Å². The molecule has 1 aliphatic heterocycles. The summed E-state index contributed by atoms with van der Waals surface area (Å²) in [4.78, 5) is 14.1. The first kappa shape index (κ1) is 15.6. The molecule has 1 aliphatic rings. The third-order valence-electron chi connectivity index (χ3n) is 3.40. The van der Waals surface area contributed by atoms with Gasteiger partial charge in [-0.2, -0.15) is 11.8 Å². The van der Waals surface area contributed by atoms with Gasteiger partial charge in [0.25, 0.3) is 0 Å². The number of terminal acetylenes is 1. The first-order valence-corrected chi connectivity index (χ1v) is 8.33. The van der Waals surface area contributed by atoms with Crippen molar-refractivity contribution in [1.29, 1.82) is 0 Å². The van der Waals surface area contributed by atoms with Crippen LogP contribution in [0.3, 0.4) is 0 Å². The summed E-state index contributed by atoms with van der Waals surface area (Å²) in [6.45, 7) is 1.92. The van der Waals surface area contributed by atoms with Gasteiger partial charge >= 0.3 is 6.03 Å². The Labute approximate surface area is 130 Å². The molecule has 2 rings (SSSR count). The second kappa shape index (κ2) is 7.84. The minimum absolute atomic E-state index is 0.0316. The van der Waals surface area contributed by atoms with Crippen molar-refractivity contribution in [1.82, 2.24) is 4.90 Å². The monoisotopic (exact) mass is 304 g/mol. The third kappa shape index (κ3) is 4.61. The van der Waals surface area contributed by atoms with Crippen LogP contribution in [0.1, 0.15) is 6.42 Å². The van der Waals surface area contributed by atoms with Gasteiger partial charge in [-0.05, 0) is 48.6 Å². The van der Waals surface area contributed by atoms with Crippen molar-refractivity contribution < 1.29 is 9.53 Å². The van der Waals surface area contributed by atoms with Crippen molar-refractivity contribution in [3.63, 3.8) is 0 Å². The van der Waals surface area contributed by atoms with Crippen molar-refractivity contribution in [2.45, 2.75) is 6.42 Å². The van der Waals surface area contributed by atoms with Crippen molar-refractivity contribution in [2.24, 2.45) is 5.92 Å². The summed E-state index contributed by atoms with van der Waals surface area (Å²) in [7, 11) is 0. The molecule has 1 saturated heterocycles. The quantitative estimate of drug-likeness (QED) is 0.851. The number of amides is 2. The van der Waals surface area contributed by atoms with Crippen molar-refractivity contribution in [3.8, 4) is 18.1 Å². The van der Waals surface area contributed by atoms with Gasteiger partial charge in [0.05, 0.1) is 0 Å². The van der Waals surface area contributed by atoms with Crippen LogP contribution in [-0.4, -0.2) is 42.6 Å². The molecule has 4 nitrogen and oxygen atoms in total. The molecule has 21 heavy (non-hydrogen) atoms. The number of ether oxygens (including phenoxy) is 1. The van der Waals surface area contributed by atoms with E-state index in [2.05, 4.69) is 17.5 Å². The highest BCUT2D eigenvalue weighted by Crippen LogP contribution is 2.21. The standard InChI is InChI=1S/C16H20N2O2S/c1-3-10-20-15-6-4-14(5-7-15)17-16(19)18-9-8-13(11-18)12-21-2/h1,4-7,13H,8-12H2,2H3,(H,17,19). The molecular formula is C16H20N2O2S. The van der Waals surface area contributed by atoms with Crippen LogP contribution in [0.2, 0.25) is 0 Å². The molecule has 0 bridgehead atoms. The number of thioether (sulfide) groups is 1. The molecule has 0 saturated carbocycles. The fraction of sp³-hybridized carbons (Fsp3) is 0.438. The number of anilines is 1. The molecule has 1 unspecified atom stereocenters. The predicted molar refractivity (Wildman–Crippen MR) is 87.9 cm³/mol. The van der Waals surface area contributed by atoms with E-state index < -0.39 is 0 Å². The fourth-order valence-corrected chi connectivity index (χ4v) is 3.09. The van der Waals surface area contributed by atoms with Crippen LogP contribution in [0.15, 0.2) is 24.3 Å². The Morgan fingerprint density at radius 3 is 2.95 bits per heavy atom. The normalized spacial score (nSPS) is 17.3. The maximum absolute atomic E-state index is 12.2. The SMILES string of the molecule is C#CCOc1ccc(NC(=O)N2CCC(CSC)C2)cc1. The number of nitrogens with one attached hydrogen (secondary N) is 1. The van der Waals surface area contributed by atoms with Gasteiger partial charge in [0.1, 0.15) is 12.4 Å². The van der Waals surface area contributed by atoms with Crippen LogP contribution in [0, 0.1) is 18.3 Å². The zero-order chi connectivity index (χ0) is 15.1. The highest BCUT2D eigenvalue weighted by molar-refractivity contribution is 7.98. The Balaban J connectivity index is 1.84. The highest BCUT2D eigenvalue weighted by atomic mass is 32.2. The van der Waals surface area contributed by atoms with E-state index in [9.17, 15) is 4.79 Å². The van der Waals surface area contributed by atoms with Gasteiger partial charge in [-0.1, -0.05) is 5.92 Å². The molecule has 5 heteroatoms. The summed E-state index contributed by atoms with van der Waals surface area (Å²) in [5.74, 6) is 4.85. The number of nitrogens with zero attached hydrogens (tertiary/aromatic N) is 1. The summed E-state index contributed by atoms with van der Waals surface area (Å²) in [5.41, 5.74) is 0.765. The predicted octanol–water partition coefficient (Wildman–Crippen LogP) is 2.92.